The lowest BCUT2D eigenvalue weighted by Crippen LogP contribution is -2.14. The molecule has 3 aromatic heterocycles. The van der Waals surface area contributed by atoms with Crippen molar-refractivity contribution in [3.63, 3.8) is 0 Å². The van der Waals surface area contributed by atoms with Crippen LogP contribution in [0.4, 0.5) is 5.13 Å². The third-order valence-corrected chi connectivity index (χ3v) is 5.47. The largest absolute Gasteiger partial charge is 0.298 e. The van der Waals surface area contributed by atoms with E-state index < -0.39 is 0 Å². The molecule has 7 heteroatoms. The minimum atomic E-state index is -0.197. The number of benzene rings is 1. The van der Waals surface area contributed by atoms with Crippen molar-refractivity contribution < 1.29 is 4.79 Å². The second-order valence-corrected chi connectivity index (χ2v) is 7.75. The number of rotatable bonds is 5. The average Bonchev–Trinajstić information content (AvgIpc) is 3.28. The van der Waals surface area contributed by atoms with Crippen LogP contribution in [0.5, 0.6) is 0 Å². The molecule has 3 heterocycles. The number of nitrogens with zero attached hydrogens (tertiary/aromatic N) is 4. The molecular weight excluding hydrogens is 382 g/mol. The van der Waals surface area contributed by atoms with Crippen molar-refractivity contribution in [3.8, 4) is 11.4 Å². The molecular formula is C22H21N5OS. The molecule has 6 nitrogen and oxygen atoms in total. The number of aryl methyl sites for hydroxylation is 2. The first kappa shape index (κ1) is 19.0. The SMILES string of the molecule is Cc1ccc(Cn2nc(C)c(C(=O)Nc3nc(-c4ccccn4)cs3)c2C)cc1. The maximum atomic E-state index is 12.9. The van der Waals surface area contributed by atoms with Crippen LogP contribution < -0.4 is 5.32 Å². The summed E-state index contributed by atoms with van der Waals surface area (Å²) in [5, 5.41) is 9.90. The topological polar surface area (TPSA) is 72.7 Å². The Bertz CT molecular complexity index is 1150. The number of nitrogens with one attached hydrogen (secondary N) is 1. The Labute approximate surface area is 173 Å². The Balaban J connectivity index is 1.52. The Morgan fingerprint density at radius 1 is 1.07 bits per heavy atom. The summed E-state index contributed by atoms with van der Waals surface area (Å²) in [5.74, 6) is -0.197. The van der Waals surface area contributed by atoms with Gasteiger partial charge in [-0.15, -0.1) is 11.3 Å². The van der Waals surface area contributed by atoms with Gasteiger partial charge in [0, 0.05) is 17.3 Å². The van der Waals surface area contributed by atoms with Gasteiger partial charge in [-0.3, -0.25) is 19.8 Å². The number of thiazole rings is 1. The normalized spacial score (nSPS) is 10.9. The van der Waals surface area contributed by atoms with Gasteiger partial charge in [-0.2, -0.15) is 5.10 Å². The van der Waals surface area contributed by atoms with Gasteiger partial charge in [0.2, 0.25) is 0 Å². The van der Waals surface area contributed by atoms with Gasteiger partial charge < -0.3 is 0 Å². The smallest absolute Gasteiger partial charge is 0.261 e. The van der Waals surface area contributed by atoms with Crippen molar-refractivity contribution in [2.24, 2.45) is 0 Å². The summed E-state index contributed by atoms with van der Waals surface area (Å²) in [4.78, 5) is 21.7. The first-order valence-corrected chi connectivity index (χ1v) is 10.2. The molecule has 0 aliphatic rings. The first-order valence-electron chi connectivity index (χ1n) is 9.29. The number of carbonyl (C=O) groups is 1. The maximum Gasteiger partial charge on any atom is 0.261 e. The number of hydrogen-bond donors (Lipinski definition) is 1. The maximum absolute atomic E-state index is 12.9. The highest BCUT2D eigenvalue weighted by Crippen LogP contribution is 2.24. The van der Waals surface area contributed by atoms with Gasteiger partial charge in [0.1, 0.15) is 5.69 Å². The molecule has 4 aromatic rings. The third-order valence-electron chi connectivity index (χ3n) is 4.71. The molecule has 0 atom stereocenters. The fourth-order valence-electron chi connectivity index (χ4n) is 3.17. The minimum Gasteiger partial charge on any atom is -0.298 e. The van der Waals surface area contributed by atoms with Crippen LogP contribution in [0.1, 0.15) is 32.9 Å². The zero-order valence-corrected chi connectivity index (χ0v) is 17.3. The Morgan fingerprint density at radius 3 is 2.59 bits per heavy atom. The van der Waals surface area contributed by atoms with Crippen LogP contribution in [0.25, 0.3) is 11.4 Å². The quantitative estimate of drug-likeness (QED) is 0.527. The fraction of sp³-hybridized carbons (Fsp3) is 0.182. The van der Waals surface area contributed by atoms with E-state index in [2.05, 4.69) is 51.6 Å². The number of aromatic nitrogens is 4. The zero-order valence-electron chi connectivity index (χ0n) is 16.5. The molecule has 1 aromatic carbocycles. The van der Waals surface area contributed by atoms with Crippen LogP contribution in [-0.4, -0.2) is 25.7 Å². The number of hydrogen-bond acceptors (Lipinski definition) is 5. The average molecular weight is 404 g/mol. The molecule has 0 radical (unpaired) electrons. The van der Waals surface area contributed by atoms with Crippen LogP contribution in [0.2, 0.25) is 0 Å². The summed E-state index contributed by atoms with van der Waals surface area (Å²) >= 11 is 1.38. The lowest BCUT2D eigenvalue weighted by molar-refractivity contribution is 0.102. The molecule has 4 rings (SSSR count). The van der Waals surface area contributed by atoms with E-state index in [0.717, 1.165) is 22.6 Å². The van der Waals surface area contributed by atoms with E-state index >= 15 is 0 Å². The lowest BCUT2D eigenvalue weighted by Gasteiger charge is -2.06. The van der Waals surface area contributed by atoms with Crippen molar-refractivity contribution in [1.82, 2.24) is 19.7 Å². The molecule has 146 valence electrons. The van der Waals surface area contributed by atoms with E-state index in [0.29, 0.717) is 22.9 Å². The van der Waals surface area contributed by atoms with Crippen LogP contribution in [0.3, 0.4) is 0 Å². The second-order valence-electron chi connectivity index (χ2n) is 6.90. The van der Waals surface area contributed by atoms with Crippen LogP contribution >= 0.6 is 11.3 Å². The van der Waals surface area contributed by atoms with E-state index in [9.17, 15) is 4.79 Å². The first-order chi connectivity index (χ1) is 14.0. The van der Waals surface area contributed by atoms with Crippen molar-refractivity contribution in [3.05, 3.63) is 82.1 Å². The molecule has 1 N–H and O–H groups in total. The molecule has 0 aliphatic heterocycles. The Kier molecular flexibility index (Phi) is 5.22. The van der Waals surface area contributed by atoms with Crippen molar-refractivity contribution >= 4 is 22.4 Å². The summed E-state index contributed by atoms with van der Waals surface area (Å²) in [6, 6.07) is 14.0. The van der Waals surface area contributed by atoms with Crippen molar-refractivity contribution in [2.75, 3.05) is 5.32 Å². The van der Waals surface area contributed by atoms with Crippen LogP contribution in [0, 0.1) is 20.8 Å². The molecule has 0 unspecified atom stereocenters. The molecule has 0 saturated heterocycles. The van der Waals surface area contributed by atoms with Gasteiger partial charge in [0.05, 0.1) is 23.5 Å². The molecule has 0 spiro atoms. The molecule has 29 heavy (non-hydrogen) atoms. The van der Waals surface area contributed by atoms with E-state index in [-0.39, 0.29) is 5.91 Å². The van der Waals surface area contributed by atoms with E-state index in [1.54, 1.807) is 6.20 Å². The number of carbonyl (C=O) groups excluding carboxylic acids is 1. The number of pyridine rings is 1. The highest BCUT2D eigenvalue weighted by molar-refractivity contribution is 7.14. The van der Waals surface area contributed by atoms with Crippen molar-refractivity contribution in [2.45, 2.75) is 27.3 Å². The third kappa shape index (κ3) is 4.09. The van der Waals surface area contributed by atoms with Gasteiger partial charge in [0.25, 0.3) is 5.91 Å². The van der Waals surface area contributed by atoms with Gasteiger partial charge >= 0.3 is 0 Å². The van der Waals surface area contributed by atoms with E-state index in [1.807, 2.05) is 42.1 Å². The van der Waals surface area contributed by atoms with Crippen LogP contribution in [-0.2, 0) is 6.54 Å². The molecule has 0 fully saturated rings. The summed E-state index contributed by atoms with van der Waals surface area (Å²) in [7, 11) is 0. The van der Waals surface area contributed by atoms with Gasteiger partial charge in [-0.05, 0) is 38.5 Å². The molecule has 0 bridgehead atoms. The summed E-state index contributed by atoms with van der Waals surface area (Å²) in [6.07, 6.45) is 1.72. The molecule has 0 aliphatic carbocycles. The summed E-state index contributed by atoms with van der Waals surface area (Å²) in [5.41, 5.74) is 6.02. The lowest BCUT2D eigenvalue weighted by atomic mass is 10.1. The van der Waals surface area contributed by atoms with E-state index in [1.165, 1.54) is 16.9 Å². The summed E-state index contributed by atoms with van der Waals surface area (Å²) in [6.45, 7) is 6.47. The molecule has 0 saturated carbocycles. The summed E-state index contributed by atoms with van der Waals surface area (Å²) < 4.78 is 1.87. The fourth-order valence-corrected chi connectivity index (χ4v) is 3.87. The van der Waals surface area contributed by atoms with Crippen molar-refractivity contribution in [1.29, 1.82) is 0 Å². The van der Waals surface area contributed by atoms with Crippen LogP contribution in [0.15, 0.2) is 54.0 Å². The minimum absolute atomic E-state index is 0.197. The Hall–Kier alpha value is -3.32. The standard InChI is InChI=1S/C22H21N5OS/c1-14-7-9-17(10-8-14)12-27-16(3)20(15(2)26-27)21(28)25-22-24-19(13-29-22)18-6-4-5-11-23-18/h4-11,13H,12H2,1-3H3,(H,24,25,28). The van der Waals surface area contributed by atoms with Gasteiger partial charge in [-0.1, -0.05) is 35.9 Å². The molecule has 1 amide bonds. The zero-order chi connectivity index (χ0) is 20.4. The number of anilines is 1. The predicted octanol–water partition coefficient (Wildman–Crippen LogP) is 4.63. The highest BCUT2D eigenvalue weighted by Gasteiger charge is 2.20. The monoisotopic (exact) mass is 403 g/mol. The number of amides is 1. The van der Waals surface area contributed by atoms with E-state index in [4.69, 9.17) is 0 Å². The predicted molar refractivity (Wildman–Crippen MR) is 115 cm³/mol. The van der Waals surface area contributed by atoms with Gasteiger partial charge in [0.15, 0.2) is 5.13 Å². The Morgan fingerprint density at radius 2 is 1.86 bits per heavy atom. The second kappa shape index (κ2) is 7.97. The highest BCUT2D eigenvalue weighted by atomic mass is 32.1. The van der Waals surface area contributed by atoms with Gasteiger partial charge in [-0.25, -0.2) is 4.98 Å².